The first-order valence-electron chi connectivity index (χ1n) is 6.84. The van der Waals surface area contributed by atoms with Crippen LogP contribution in [0.1, 0.15) is 38.2 Å². The second-order valence-corrected chi connectivity index (χ2v) is 5.27. The van der Waals surface area contributed by atoms with Crippen LogP contribution >= 0.6 is 0 Å². The van der Waals surface area contributed by atoms with Crippen LogP contribution in [0.3, 0.4) is 0 Å². The number of hydrogen-bond acceptors (Lipinski definition) is 4. The topological polar surface area (TPSA) is 98.3 Å². The number of nitrogens with one attached hydrogen (secondary N) is 1. The molecule has 20 heavy (non-hydrogen) atoms. The van der Waals surface area contributed by atoms with Crippen molar-refractivity contribution in [3.05, 3.63) is 33.9 Å². The van der Waals surface area contributed by atoms with Gasteiger partial charge in [-0.2, -0.15) is 0 Å². The highest BCUT2D eigenvalue weighted by atomic mass is 16.6. The molecule has 0 saturated heterocycles. The van der Waals surface area contributed by atoms with E-state index < -0.39 is 10.5 Å². The number of nitro benzene ring substituents is 1. The summed E-state index contributed by atoms with van der Waals surface area (Å²) in [6.07, 6.45) is 3.78. The molecule has 108 valence electrons. The SMILES string of the molecule is CCc1ccc(NC(=O)C2(N)CCCC2)cc1[N+](=O)[O-]. The number of benzene rings is 1. The number of nitrogens with zero attached hydrogens (tertiary/aromatic N) is 1. The number of carbonyl (C=O) groups is 1. The number of hydrogen-bond donors (Lipinski definition) is 2. The molecule has 0 atom stereocenters. The first-order valence-corrected chi connectivity index (χ1v) is 6.84. The van der Waals surface area contributed by atoms with Crippen LogP contribution in [0.2, 0.25) is 0 Å². The molecule has 0 radical (unpaired) electrons. The summed E-state index contributed by atoms with van der Waals surface area (Å²) < 4.78 is 0. The fraction of sp³-hybridized carbons (Fsp3) is 0.500. The number of amides is 1. The van der Waals surface area contributed by atoms with Crippen molar-refractivity contribution in [3.8, 4) is 0 Å². The van der Waals surface area contributed by atoms with Gasteiger partial charge in [-0.25, -0.2) is 0 Å². The molecule has 1 aliphatic carbocycles. The van der Waals surface area contributed by atoms with Gasteiger partial charge in [-0.05, 0) is 25.3 Å². The second kappa shape index (κ2) is 5.58. The first-order chi connectivity index (χ1) is 9.46. The van der Waals surface area contributed by atoms with E-state index >= 15 is 0 Å². The smallest absolute Gasteiger partial charge is 0.274 e. The van der Waals surface area contributed by atoms with E-state index in [4.69, 9.17) is 5.73 Å². The van der Waals surface area contributed by atoms with E-state index in [9.17, 15) is 14.9 Å². The van der Waals surface area contributed by atoms with Gasteiger partial charge < -0.3 is 11.1 Å². The fourth-order valence-electron chi connectivity index (χ4n) is 2.60. The highest BCUT2D eigenvalue weighted by Gasteiger charge is 2.37. The van der Waals surface area contributed by atoms with Crippen molar-refractivity contribution in [1.82, 2.24) is 0 Å². The number of nitro groups is 1. The monoisotopic (exact) mass is 277 g/mol. The lowest BCUT2D eigenvalue weighted by Gasteiger charge is -2.22. The molecule has 0 unspecified atom stereocenters. The van der Waals surface area contributed by atoms with Gasteiger partial charge in [0.2, 0.25) is 5.91 Å². The molecule has 0 spiro atoms. The normalized spacial score (nSPS) is 16.9. The summed E-state index contributed by atoms with van der Waals surface area (Å²) in [5.74, 6) is -0.256. The number of rotatable bonds is 4. The van der Waals surface area contributed by atoms with Crippen molar-refractivity contribution in [1.29, 1.82) is 0 Å². The summed E-state index contributed by atoms with van der Waals surface area (Å²) in [7, 11) is 0. The Bertz CT molecular complexity index is 536. The molecule has 0 aliphatic heterocycles. The Balaban J connectivity index is 2.19. The van der Waals surface area contributed by atoms with E-state index in [1.165, 1.54) is 6.07 Å². The molecule has 1 aromatic rings. The molecule has 1 fully saturated rings. The molecule has 1 amide bonds. The maximum atomic E-state index is 12.2. The maximum Gasteiger partial charge on any atom is 0.274 e. The Kier molecular flexibility index (Phi) is 4.04. The van der Waals surface area contributed by atoms with Crippen LogP contribution in [0.4, 0.5) is 11.4 Å². The maximum absolute atomic E-state index is 12.2. The van der Waals surface area contributed by atoms with Crippen molar-refractivity contribution < 1.29 is 9.72 Å². The average Bonchev–Trinajstić information content (AvgIpc) is 2.87. The van der Waals surface area contributed by atoms with Gasteiger partial charge in [0, 0.05) is 17.3 Å². The molecule has 6 heteroatoms. The van der Waals surface area contributed by atoms with Crippen molar-refractivity contribution in [2.75, 3.05) is 5.32 Å². The zero-order valence-electron chi connectivity index (χ0n) is 11.5. The summed E-state index contributed by atoms with van der Waals surface area (Å²) >= 11 is 0. The standard InChI is InChI=1S/C14H19N3O3/c1-2-10-5-6-11(9-12(10)17(19)20)16-13(18)14(15)7-3-4-8-14/h5-6,9H,2-4,7-8,15H2,1H3,(H,16,18). The summed E-state index contributed by atoms with van der Waals surface area (Å²) in [5.41, 5.74) is 6.33. The second-order valence-electron chi connectivity index (χ2n) is 5.27. The number of aryl methyl sites for hydroxylation is 1. The van der Waals surface area contributed by atoms with Gasteiger partial charge in [-0.1, -0.05) is 25.8 Å². The van der Waals surface area contributed by atoms with Gasteiger partial charge in [-0.3, -0.25) is 14.9 Å². The quantitative estimate of drug-likeness (QED) is 0.652. The third-order valence-corrected chi connectivity index (χ3v) is 3.87. The number of nitrogens with two attached hydrogens (primary N) is 1. The van der Waals surface area contributed by atoms with Gasteiger partial charge in [0.15, 0.2) is 0 Å². The molecule has 0 heterocycles. The third kappa shape index (κ3) is 2.80. The van der Waals surface area contributed by atoms with E-state index in [0.29, 0.717) is 30.5 Å². The van der Waals surface area contributed by atoms with Gasteiger partial charge in [0.1, 0.15) is 0 Å². The molecular weight excluding hydrogens is 258 g/mol. The van der Waals surface area contributed by atoms with Crippen LogP contribution in [0, 0.1) is 10.1 Å². The first kappa shape index (κ1) is 14.5. The summed E-state index contributed by atoms with van der Waals surface area (Å²) in [6, 6.07) is 4.75. The van der Waals surface area contributed by atoms with Crippen LogP contribution in [-0.4, -0.2) is 16.4 Å². The lowest BCUT2D eigenvalue weighted by molar-refractivity contribution is -0.385. The molecule has 1 aliphatic rings. The Hall–Kier alpha value is -1.95. The molecule has 0 aromatic heterocycles. The molecule has 6 nitrogen and oxygen atoms in total. The van der Waals surface area contributed by atoms with Gasteiger partial charge in [0.25, 0.3) is 5.69 Å². The van der Waals surface area contributed by atoms with Crippen molar-refractivity contribution in [3.63, 3.8) is 0 Å². The molecule has 1 saturated carbocycles. The fourth-order valence-corrected chi connectivity index (χ4v) is 2.60. The van der Waals surface area contributed by atoms with E-state index in [-0.39, 0.29) is 11.6 Å². The molecular formula is C14H19N3O3. The zero-order valence-corrected chi connectivity index (χ0v) is 11.5. The van der Waals surface area contributed by atoms with E-state index in [1.54, 1.807) is 12.1 Å². The third-order valence-electron chi connectivity index (χ3n) is 3.87. The Labute approximate surface area is 117 Å². The van der Waals surface area contributed by atoms with Crippen molar-refractivity contribution in [2.24, 2.45) is 5.73 Å². The predicted octanol–water partition coefficient (Wildman–Crippen LogP) is 2.37. The summed E-state index contributed by atoms with van der Waals surface area (Å²) in [5, 5.41) is 13.7. The molecule has 1 aromatic carbocycles. The molecule has 0 bridgehead atoms. The van der Waals surface area contributed by atoms with E-state index in [0.717, 1.165) is 12.8 Å². The minimum Gasteiger partial charge on any atom is -0.324 e. The summed E-state index contributed by atoms with van der Waals surface area (Å²) in [6.45, 7) is 1.86. The van der Waals surface area contributed by atoms with Crippen molar-refractivity contribution >= 4 is 17.3 Å². The van der Waals surface area contributed by atoms with Crippen LogP contribution in [0.25, 0.3) is 0 Å². The van der Waals surface area contributed by atoms with Crippen LogP contribution in [0.15, 0.2) is 18.2 Å². The van der Waals surface area contributed by atoms with Gasteiger partial charge >= 0.3 is 0 Å². The highest BCUT2D eigenvalue weighted by molar-refractivity contribution is 5.98. The number of carbonyl (C=O) groups excluding carboxylic acids is 1. The van der Waals surface area contributed by atoms with Crippen LogP contribution < -0.4 is 11.1 Å². The highest BCUT2D eigenvalue weighted by Crippen LogP contribution is 2.29. The van der Waals surface area contributed by atoms with E-state index in [1.807, 2.05) is 6.92 Å². The van der Waals surface area contributed by atoms with Gasteiger partial charge in [-0.15, -0.1) is 0 Å². The molecule has 2 rings (SSSR count). The minimum absolute atomic E-state index is 0.0304. The largest absolute Gasteiger partial charge is 0.324 e. The average molecular weight is 277 g/mol. The zero-order chi connectivity index (χ0) is 14.8. The van der Waals surface area contributed by atoms with Crippen molar-refractivity contribution in [2.45, 2.75) is 44.6 Å². The van der Waals surface area contributed by atoms with Crippen LogP contribution in [0.5, 0.6) is 0 Å². The number of anilines is 1. The van der Waals surface area contributed by atoms with E-state index in [2.05, 4.69) is 5.32 Å². The van der Waals surface area contributed by atoms with Crippen LogP contribution in [-0.2, 0) is 11.2 Å². The lowest BCUT2D eigenvalue weighted by atomic mass is 9.98. The summed E-state index contributed by atoms with van der Waals surface area (Å²) in [4.78, 5) is 22.7. The van der Waals surface area contributed by atoms with Gasteiger partial charge in [0.05, 0.1) is 10.5 Å². The predicted molar refractivity (Wildman–Crippen MR) is 76.5 cm³/mol. The Morgan fingerprint density at radius 1 is 1.45 bits per heavy atom. The Morgan fingerprint density at radius 2 is 2.10 bits per heavy atom. The molecule has 3 N–H and O–H groups in total. The Morgan fingerprint density at radius 3 is 2.65 bits per heavy atom. The lowest BCUT2D eigenvalue weighted by Crippen LogP contribution is -2.48. The minimum atomic E-state index is -0.835.